The molecule has 0 aliphatic heterocycles. The number of hydrogen-bond donors (Lipinski definition) is 1. The van der Waals surface area contributed by atoms with Crippen molar-refractivity contribution in [3.63, 3.8) is 0 Å². The third-order valence-electron chi connectivity index (χ3n) is 2.57. The van der Waals surface area contributed by atoms with Crippen LogP contribution in [0, 0.1) is 11.3 Å². The lowest BCUT2D eigenvalue weighted by atomic mass is 10.2. The second-order valence-corrected chi connectivity index (χ2v) is 5.23. The summed E-state index contributed by atoms with van der Waals surface area (Å²) in [5.41, 5.74) is 0.575. The first-order chi connectivity index (χ1) is 10.1. The minimum atomic E-state index is 0.140. The van der Waals surface area contributed by atoms with Gasteiger partial charge in [-0.05, 0) is 19.1 Å². The molecule has 0 radical (unpaired) electrons. The van der Waals surface area contributed by atoms with E-state index in [0.717, 1.165) is 0 Å². The third-order valence-corrected chi connectivity index (χ3v) is 3.59. The molecule has 0 spiro atoms. The molecule has 4 nitrogen and oxygen atoms in total. The fourth-order valence-corrected chi connectivity index (χ4v) is 2.30. The van der Waals surface area contributed by atoms with Crippen LogP contribution in [-0.2, 0) is 0 Å². The van der Waals surface area contributed by atoms with Crippen molar-refractivity contribution in [1.82, 2.24) is 4.98 Å². The predicted molar refractivity (Wildman–Crippen MR) is 85.0 cm³/mol. The number of rotatable bonds is 4. The summed E-state index contributed by atoms with van der Waals surface area (Å²) in [6, 6.07) is 5.06. The molecule has 1 aromatic carbocycles. The summed E-state index contributed by atoms with van der Waals surface area (Å²) in [4.78, 5) is 4.10. The van der Waals surface area contributed by atoms with E-state index in [9.17, 15) is 0 Å². The van der Waals surface area contributed by atoms with Crippen LogP contribution in [0.5, 0.6) is 0 Å². The van der Waals surface area contributed by atoms with Crippen molar-refractivity contribution in [1.29, 1.82) is 5.26 Å². The van der Waals surface area contributed by atoms with Crippen molar-refractivity contribution in [3.8, 4) is 17.5 Å². The van der Waals surface area contributed by atoms with Gasteiger partial charge in [-0.15, -0.1) is 0 Å². The summed E-state index contributed by atoms with van der Waals surface area (Å²) >= 11 is 18.1. The number of halogens is 3. The molecule has 0 atom stereocenters. The van der Waals surface area contributed by atoms with Crippen molar-refractivity contribution in [2.75, 3.05) is 11.9 Å². The van der Waals surface area contributed by atoms with Crippen molar-refractivity contribution < 1.29 is 4.42 Å². The SMILES string of the molecule is C/C=C/CNc1oc(-c2cc(Cl)cc(Cl)c2Cl)nc1C#N. The van der Waals surface area contributed by atoms with Crippen LogP contribution < -0.4 is 5.32 Å². The maximum absolute atomic E-state index is 9.10. The molecular weight excluding hydrogens is 333 g/mol. The number of aromatic nitrogens is 1. The lowest BCUT2D eigenvalue weighted by molar-refractivity contribution is 0.587. The van der Waals surface area contributed by atoms with Crippen molar-refractivity contribution in [2.24, 2.45) is 0 Å². The molecule has 0 saturated heterocycles. The van der Waals surface area contributed by atoms with E-state index < -0.39 is 0 Å². The molecule has 2 rings (SSSR count). The molecule has 21 heavy (non-hydrogen) atoms. The average molecular weight is 343 g/mol. The Morgan fingerprint density at radius 1 is 1.38 bits per heavy atom. The highest BCUT2D eigenvalue weighted by Crippen LogP contribution is 2.37. The van der Waals surface area contributed by atoms with Crippen LogP contribution in [0.3, 0.4) is 0 Å². The topological polar surface area (TPSA) is 61.9 Å². The first-order valence-corrected chi connectivity index (χ1v) is 7.11. The van der Waals surface area contributed by atoms with Crippen LogP contribution in [0.25, 0.3) is 11.5 Å². The van der Waals surface area contributed by atoms with Gasteiger partial charge in [-0.1, -0.05) is 47.0 Å². The average Bonchev–Trinajstić information content (AvgIpc) is 2.86. The highest BCUT2D eigenvalue weighted by molar-refractivity contribution is 6.44. The van der Waals surface area contributed by atoms with Gasteiger partial charge < -0.3 is 9.73 Å². The largest absolute Gasteiger partial charge is 0.419 e. The quantitative estimate of drug-likeness (QED) is 0.615. The van der Waals surface area contributed by atoms with E-state index >= 15 is 0 Å². The van der Waals surface area contributed by atoms with E-state index in [0.29, 0.717) is 22.2 Å². The molecule has 2 aromatic rings. The van der Waals surface area contributed by atoms with E-state index in [-0.39, 0.29) is 22.5 Å². The Balaban J connectivity index is 2.44. The van der Waals surface area contributed by atoms with Gasteiger partial charge in [-0.3, -0.25) is 0 Å². The summed E-state index contributed by atoms with van der Waals surface area (Å²) in [6.45, 7) is 2.41. The molecule has 1 aromatic heterocycles. The van der Waals surface area contributed by atoms with E-state index in [4.69, 9.17) is 44.5 Å². The van der Waals surface area contributed by atoms with Crippen LogP contribution in [0.2, 0.25) is 15.1 Å². The Bertz CT molecular complexity index is 732. The summed E-state index contributed by atoms with van der Waals surface area (Å²) in [5.74, 6) is 0.460. The van der Waals surface area contributed by atoms with E-state index in [2.05, 4.69) is 10.3 Å². The van der Waals surface area contributed by atoms with Gasteiger partial charge in [0.2, 0.25) is 17.5 Å². The fourth-order valence-electron chi connectivity index (χ4n) is 1.61. The predicted octanol–water partition coefficient (Wildman–Crippen LogP) is 5.16. The summed E-state index contributed by atoms with van der Waals surface area (Å²) in [6.07, 6.45) is 3.76. The molecule has 1 heterocycles. The van der Waals surface area contributed by atoms with Gasteiger partial charge in [0.05, 0.1) is 15.6 Å². The Hall–Kier alpha value is -1.67. The standard InChI is InChI=1S/C14H10Cl3N3O/c1-2-3-4-19-14-11(7-18)20-13(21-14)9-5-8(15)6-10(16)12(9)17/h2-3,5-6,19H,4H2,1H3/b3-2+. The highest BCUT2D eigenvalue weighted by atomic mass is 35.5. The van der Waals surface area contributed by atoms with E-state index in [1.54, 1.807) is 6.07 Å². The zero-order chi connectivity index (χ0) is 15.4. The fraction of sp³-hybridized carbons (Fsp3) is 0.143. The van der Waals surface area contributed by atoms with Crippen molar-refractivity contribution >= 4 is 40.7 Å². The third kappa shape index (κ3) is 3.51. The number of benzene rings is 1. The molecule has 0 saturated carbocycles. The van der Waals surface area contributed by atoms with E-state index in [1.807, 2.05) is 25.1 Å². The maximum Gasteiger partial charge on any atom is 0.232 e. The molecule has 0 fully saturated rings. The summed E-state index contributed by atoms with van der Waals surface area (Å²) < 4.78 is 5.55. The zero-order valence-corrected chi connectivity index (χ0v) is 13.2. The van der Waals surface area contributed by atoms with Gasteiger partial charge in [0.15, 0.2) is 0 Å². The Morgan fingerprint density at radius 2 is 2.14 bits per heavy atom. The maximum atomic E-state index is 9.10. The second kappa shape index (κ2) is 6.86. The number of allylic oxidation sites excluding steroid dienone is 1. The minimum absolute atomic E-state index is 0.140. The van der Waals surface area contributed by atoms with Gasteiger partial charge in [0, 0.05) is 11.6 Å². The number of hydrogen-bond acceptors (Lipinski definition) is 4. The lowest BCUT2D eigenvalue weighted by Crippen LogP contribution is -1.98. The Kier molecular flexibility index (Phi) is 5.13. The number of anilines is 1. The number of nitrogens with zero attached hydrogens (tertiary/aromatic N) is 2. The van der Waals surface area contributed by atoms with Crippen LogP contribution >= 0.6 is 34.8 Å². The van der Waals surface area contributed by atoms with Crippen molar-refractivity contribution in [2.45, 2.75) is 6.92 Å². The highest BCUT2D eigenvalue weighted by Gasteiger charge is 2.18. The zero-order valence-electron chi connectivity index (χ0n) is 11.0. The number of nitrogens with one attached hydrogen (secondary N) is 1. The lowest BCUT2D eigenvalue weighted by Gasteiger charge is -2.03. The molecule has 0 amide bonds. The van der Waals surface area contributed by atoms with Crippen LogP contribution in [0.4, 0.5) is 5.88 Å². The van der Waals surface area contributed by atoms with Gasteiger partial charge in [0.25, 0.3) is 0 Å². The van der Waals surface area contributed by atoms with Gasteiger partial charge in [-0.25, -0.2) is 0 Å². The summed E-state index contributed by atoms with van der Waals surface area (Å²) in [7, 11) is 0. The van der Waals surface area contributed by atoms with E-state index in [1.165, 1.54) is 6.07 Å². The molecule has 1 N–H and O–H groups in total. The Labute approximate surface area is 136 Å². The molecule has 7 heteroatoms. The first kappa shape index (κ1) is 15.7. The van der Waals surface area contributed by atoms with Crippen LogP contribution in [0.15, 0.2) is 28.7 Å². The first-order valence-electron chi connectivity index (χ1n) is 5.97. The van der Waals surface area contributed by atoms with Gasteiger partial charge in [-0.2, -0.15) is 10.2 Å². The van der Waals surface area contributed by atoms with Gasteiger partial charge >= 0.3 is 0 Å². The molecule has 0 unspecified atom stereocenters. The molecular formula is C14H10Cl3N3O. The molecule has 0 bridgehead atoms. The molecule has 108 valence electrons. The second-order valence-electron chi connectivity index (χ2n) is 4.01. The van der Waals surface area contributed by atoms with Crippen LogP contribution in [-0.4, -0.2) is 11.5 Å². The summed E-state index contributed by atoms with van der Waals surface area (Å²) in [5, 5.41) is 13.0. The van der Waals surface area contributed by atoms with Crippen LogP contribution in [0.1, 0.15) is 12.6 Å². The normalized spacial score (nSPS) is 10.8. The monoisotopic (exact) mass is 341 g/mol. The molecule has 0 aliphatic carbocycles. The number of nitriles is 1. The minimum Gasteiger partial charge on any atom is -0.419 e. The van der Waals surface area contributed by atoms with Gasteiger partial charge in [0.1, 0.15) is 6.07 Å². The number of oxazole rings is 1. The smallest absolute Gasteiger partial charge is 0.232 e. The Morgan fingerprint density at radius 3 is 2.81 bits per heavy atom. The molecule has 0 aliphatic rings. The van der Waals surface area contributed by atoms with Crippen molar-refractivity contribution in [3.05, 3.63) is 45.0 Å².